The summed E-state index contributed by atoms with van der Waals surface area (Å²) < 4.78 is 7.17. The summed E-state index contributed by atoms with van der Waals surface area (Å²) in [5.41, 5.74) is 5.17. The van der Waals surface area contributed by atoms with Crippen molar-refractivity contribution >= 4 is 28.7 Å². The monoisotopic (exact) mass is 410 g/mol. The van der Waals surface area contributed by atoms with E-state index in [4.69, 9.17) is 16.3 Å². The first kappa shape index (κ1) is 18.5. The van der Waals surface area contributed by atoms with E-state index < -0.39 is 0 Å². The molecule has 0 spiro atoms. The Hall–Kier alpha value is -2.57. The number of pyridine rings is 1. The number of anilines is 1. The van der Waals surface area contributed by atoms with Crippen LogP contribution in [0.5, 0.6) is 0 Å². The zero-order chi connectivity index (χ0) is 20.0. The van der Waals surface area contributed by atoms with Crippen molar-refractivity contribution in [2.75, 3.05) is 37.7 Å². The minimum absolute atomic E-state index is 0.000593. The predicted molar refractivity (Wildman–Crippen MR) is 113 cm³/mol. The first-order valence-corrected chi connectivity index (χ1v) is 10.4. The number of amides is 1. The van der Waals surface area contributed by atoms with E-state index >= 15 is 0 Å². The normalized spacial score (nSPS) is 19.4. The third kappa shape index (κ3) is 3.26. The van der Waals surface area contributed by atoms with Gasteiger partial charge in [-0.15, -0.1) is 0 Å². The highest BCUT2D eigenvalue weighted by atomic mass is 35.5. The number of fused-ring (bicyclic) bond motifs is 2. The molecule has 150 valence electrons. The Morgan fingerprint density at radius 1 is 1.17 bits per heavy atom. The van der Waals surface area contributed by atoms with E-state index in [1.54, 1.807) is 16.8 Å². The number of aromatic nitrogens is 2. The minimum Gasteiger partial charge on any atom is -0.378 e. The number of hydrogen-bond acceptors (Lipinski definition) is 4. The molecule has 1 unspecified atom stereocenters. The maximum Gasteiger partial charge on any atom is 0.274 e. The Bertz CT molecular complexity index is 1070. The number of hydrogen-bond donors (Lipinski definition) is 0. The van der Waals surface area contributed by atoms with Crippen LogP contribution in [-0.2, 0) is 11.2 Å². The fourth-order valence-corrected chi connectivity index (χ4v) is 4.60. The SMILES string of the molecule is CC1c2cccc(N3CCOCC3)c2CCN1C(=O)c1cc2ccc(Cl)cn2n1. The fraction of sp³-hybridized carbons (Fsp3) is 0.364. The van der Waals surface area contributed by atoms with E-state index in [0.717, 1.165) is 38.2 Å². The largest absolute Gasteiger partial charge is 0.378 e. The van der Waals surface area contributed by atoms with Crippen LogP contribution in [0, 0.1) is 0 Å². The number of benzene rings is 1. The first-order valence-electron chi connectivity index (χ1n) is 10.0. The Balaban J connectivity index is 1.44. The number of carbonyl (C=O) groups is 1. The van der Waals surface area contributed by atoms with Crippen LogP contribution in [0.15, 0.2) is 42.6 Å². The summed E-state index contributed by atoms with van der Waals surface area (Å²) in [6, 6.07) is 11.9. The molecular formula is C22H23ClN4O2. The van der Waals surface area contributed by atoms with Crippen LogP contribution in [-0.4, -0.2) is 53.3 Å². The molecule has 0 radical (unpaired) electrons. The summed E-state index contributed by atoms with van der Waals surface area (Å²) in [6.07, 6.45) is 2.56. The van der Waals surface area contributed by atoms with Gasteiger partial charge in [0.2, 0.25) is 0 Å². The second-order valence-corrected chi connectivity index (χ2v) is 8.05. The summed E-state index contributed by atoms with van der Waals surface area (Å²) in [7, 11) is 0. The maximum absolute atomic E-state index is 13.3. The molecule has 0 aliphatic carbocycles. The summed E-state index contributed by atoms with van der Waals surface area (Å²) in [5.74, 6) is -0.0419. The van der Waals surface area contributed by atoms with Crippen LogP contribution in [0.3, 0.4) is 0 Å². The average molecular weight is 411 g/mol. The lowest BCUT2D eigenvalue weighted by Crippen LogP contribution is -2.41. The number of nitrogens with zero attached hydrogens (tertiary/aromatic N) is 4. The second-order valence-electron chi connectivity index (χ2n) is 7.62. The van der Waals surface area contributed by atoms with Gasteiger partial charge in [0.15, 0.2) is 5.69 Å². The maximum atomic E-state index is 13.3. The molecule has 2 aliphatic heterocycles. The highest BCUT2D eigenvalue weighted by molar-refractivity contribution is 6.30. The molecule has 1 atom stereocenters. The zero-order valence-corrected chi connectivity index (χ0v) is 17.1. The van der Waals surface area contributed by atoms with Gasteiger partial charge in [-0.05, 0) is 48.7 Å². The van der Waals surface area contributed by atoms with Gasteiger partial charge in [-0.2, -0.15) is 5.10 Å². The molecule has 29 heavy (non-hydrogen) atoms. The molecule has 5 rings (SSSR count). The molecule has 3 aromatic rings. The van der Waals surface area contributed by atoms with Gasteiger partial charge in [0.1, 0.15) is 0 Å². The smallest absolute Gasteiger partial charge is 0.274 e. The molecule has 0 N–H and O–H groups in total. The van der Waals surface area contributed by atoms with E-state index in [0.29, 0.717) is 17.3 Å². The van der Waals surface area contributed by atoms with E-state index in [9.17, 15) is 4.79 Å². The number of rotatable bonds is 2. The molecule has 2 aromatic heterocycles. The molecule has 7 heteroatoms. The third-order valence-corrected chi connectivity index (χ3v) is 6.19. The summed E-state index contributed by atoms with van der Waals surface area (Å²) >= 11 is 6.05. The Morgan fingerprint density at radius 2 is 2.00 bits per heavy atom. The number of ether oxygens (including phenoxy) is 1. The number of halogens is 1. The standard InChI is InChI=1S/C22H23ClN4O2/c1-15-18-3-2-4-21(25-9-11-29-12-10-25)19(18)7-8-26(15)22(28)20-13-17-6-5-16(23)14-27(17)24-20/h2-6,13-15H,7-12H2,1H3. The van der Waals surface area contributed by atoms with Crippen LogP contribution in [0.25, 0.3) is 5.52 Å². The van der Waals surface area contributed by atoms with E-state index in [-0.39, 0.29) is 11.9 Å². The van der Waals surface area contributed by atoms with Crippen molar-refractivity contribution in [1.29, 1.82) is 0 Å². The van der Waals surface area contributed by atoms with Crippen molar-refractivity contribution in [3.63, 3.8) is 0 Å². The van der Waals surface area contributed by atoms with E-state index in [2.05, 4.69) is 35.1 Å². The van der Waals surface area contributed by atoms with Crippen LogP contribution in [0.4, 0.5) is 5.69 Å². The highest BCUT2D eigenvalue weighted by Gasteiger charge is 2.31. The van der Waals surface area contributed by atoms with Gasteiger partial charge >= 0.3 is 0 Å². The number of carbonyl (C=O) groups excluding carboxylic acids is 1. The molecule has 6 nitrogen and oxygen atoms in total. The topological polar surface area (TPSA) is 50.1 Å². The summed E-state index contributed by atoms with van der Waals surface area (Å²) in [5, 5.41) is 5.04. The van der Waals surface area contributed by atoms with Gasteiger partial charge < -0.3 is 14.5 Å². The van der Waals surface area contributed by atoms with Gasteiger partial charge in [0.25, 0.3) is 5.91 Å². The van der Waals surface area contributed by atoms with Crippen LogP contribution in [0.1, 0.15) is 34.6 Å². The highest BCUT2D eigenvalue weighted by Crippen LogP contribution is 2.36. The minimum atomic E-state index is -0.0419. The van der Waals surface area contributed by atoms with Crippen LogP contribution in [0.2, 0.25) is 5.02 Å². The average Bonchev–Trinajstić information content (AvgIpc) is 3.17. The summed E-state index contributed by atoms with van der Waals surface area (Å²) in [4.78, 5) is 17.6. The Morgan fingerprint density at radius 3 is 2.83 bits per heavy atom. The molecule has 1 amide bonds. The van der Waals surface area contributed by atoms with Crippen LogP contribution < -0.4 is 4.90 Å². The van der Waals surface area contributed by atoms with E-state index in [1.807, 2.05) is 17.0 Å². The molecule has 1 fully saturated rings. The van der Waals surface area contributed by atoms with Gasteiger partial charge in [0, 0.05) is 31.5 Å². The van der Waals surface area contributed by atoms with Gasteiger partial charge in [-0.1, -0.05) is 23.7 Å². The van der Waals surface area contributed by atoms with Crippen molar-refractivity contribution in [2.45, 2.75) is 19.4 Å². The molecule has 0 saturated carbocycles. The molecule has 1 saturated heterocycles. The molecule has 0 bridgehead atoms. The van der Waals surface area contributed by atoms with Crippen molar-refractivity contribution < 1.29 is 9.53 Å². The fourth-order valence-electron chi connectivity index (χ4n) is 4.44. The van der Waals surface area contributed by atoms with Gasteiger partial charge in [-0.3, -0.25) is 4.79 Å². The van der Waals surface area contributed by atoms with Gasteiger partial charge in [0.05, 0.1) is 29.8 Å². The Labute approximate surface area is 174 Å². The van der Waals surface area contributed by atoms with Crippen LogP contribution >= 0.6 is 11.6 Å². The molecule has 4 heterocycles. The Kier molecular flexibility index (Phi) is 4.68. The lowest BCUT2D eigenvalue weighted by atomic mass is 9.91. The molecule has 1 aromatic carbocycles. The van der Waals surface area contributed by atoms with Crippen molar-refractivity contribution in [2.24, 2.45) is 0 Å². The quantitative estimate of drug-likeness (QED) is 0.648. The van der Waals surface area contributed by atoms with Gasteiger partial charge in [-0.25, -0.2) is 4.52 Å². The lowest BCUT2D eigenvalue weighted by molar-refractivity contribution is 0.0671. The molecular weight excluding hydrogens is 388 g/mol. The van der Waals surface area contributed by atoms with Crippen molar-refractivity contribution in [1.82, 2.24) is 14.5 Å². The third-order valence-electron chi connectivity index (χ3n) is 5.96. The first-order chi connectivity index (χ1) is 14.1. The lowest BCUT2D eigenvalue weighted by Gasteiger charge is -2.38. The summed E-state index contributed by atoms with van der Waals surface area (Å²) in [6.45, 7) is 6.15. The van der Waals surface area contributed by atoms with Crippen molar-refractivity contribution in [3.8, 4) is 0 Å². The predicted octanol–water partition coefficient (Wildman–Crippen LogP) is 3.58. The molecule has 2 aliphatic rings. The van der Waals surface area contributed by atoms with Crippen molar-refractivity contribution in [3.05, 3.63) is 64.4 Å². The second kappa shape index (κ2) is 7.35. The van der Waals surface area contributed by atoms with E-state index in [1.165, 1.54) is 16.8 Å². The number of morpholine rings is 1. The zero-order valence-electron chi connectivity index (χ0n) is 16.3.